The van der Waals surface area contributed by atoms with Crippen molar-refractivity contribution in [2.75, 3.05) is 12.3 Å². The SMILES string of the molecule is CCNC(=O)NC(=O)c1ccccc1N. The molecule has 0 radical (unpaired) electrons. The average molecular weight is 207 g/mol. The van der Waals surface area contributed by atoms with Crippen LogP contribution in [0.25, 0.3) is 0 Å². The van der Waals surface area contributed by atoms with Gasteiger partial charge in [-0.25, -0.2) is 4.79 Å². The number of urea groups is 1. The van der Waals surface area contributed by atoms with Crippen molar-refractivity contribution in [1.82, 2.24) is 10.6 Å². The van der Waals surface area contributed by atoms with Gasteiger partial charge in [0.05, 0.1) is 5.56 Å². The topological polar surface area (TPSA) is 84.2 Å². The van der Waals surface area contributed by atoms with Crippen LogP contribution in [0.2, 0.25) is 0 Å². The molecule has 80 valence electrons. The number of nitrogens with two attached hydrogens (primary N) is 1. The Hall–Kier alpha value is -2.04. The zero-order chi connectivity index (χ0) is 11.3. The molecule has 15 heavy (non-hydrogen) atoms. The monoisotopic (exact) mass is 207 g/mol. The second-order valence-corrected chi connectivity index (χ2v) is 2.90. The second-order valence-electron chi connectivity index (χ2n) is 2.90. The van der Waals surface area contributed by atoms with Gasteiger partial charge in [0.25, 0.3) is 5.91 Å². The molecule has 0 aromatic heterocycles. The number of carbonyl (C=O) groups is 2. The Kier molecular flexibility index (Phi) is 3.68. The Morgan fingerprint density at radius 1 is 1.33 bits per heavy atom. The van der Waals surface area contributed by atoms with Gasteiger partial charge >= 0.3 is 6.03 Å². The van der Waals surface area contributed by atoms with E-state index in [0.29, 0.717) is 17.8 Å². The van der Waals surface area contributed by atoms with Crippen LogP contribution in [0.4, 0.5) is 10.5 Å². The van der Waals surface area contributed by atoms with Crippen LogP contribution in [0, 0.1) is 0 Å². The minimum Gasteiger partial charge on any atom is -0.398 e. The highest BCUT2D eigenvalue weighted by Crippen LogP contribution is 2.09. The molecule has 0 saturated carbocycles. The first-order valence-electron chi connectivity index (χ1n) is 4.58. The third-order valence-corrected chi connectivity index (χ3v) is 1.77. The Balaban J connectivity index is 2.70. The molecule has 0 bridgehead atoms. The largest absolute Gasteiger partial charge is 0.398 e. The Labute approximate surface area is 87.7 Å². The van der Waals surface area contributed by atoms with E-state index in [1.54, 1.807) is 31.2 Å². The lowest BCUT2D eigenvalue weighted by Gasteiger charge is -2.06. The third-order valence-electron chi connectivity index (χ3n) is 1.77. The molecule has 1 rings (SSSR count). The van der Waals surface area contributed by atoms with Crippen LogP contribution in [0.5, 0.6) is 0 Å². The molecule has 0 aliphatic heterocycles. The first-order valence-corrected chi connectivity index (χ1v) is 4.58. The van der Waals surface area contributed by atoms with E-state index in [9.17, 15) is 9.59 Å². The minimum atomic E-state index is -0.522. The summed E-state index contributed by atoms with van der Waals surface area (Å²) in [7, 11) is 0. The van der Waals surface area contributed by atoms with Crippen molar-refractivity contribution in [3.63, 3.8) is 0 Å². The van der Waals surface area contributed by atoms with Gasteiger partial charge in [-0.1, -0.05) is 12.1 Å². The summed E-state index contributed by atoms with van der Waals surface area (Å²) in [5.41, 5.74) is 6.22. The van der Waals surface area contributed by atoms with Crippen molar-refractivity contribution in [3.8, 4) is 0 Å². The molecule has 5 heteroatoms. The maximum Gasteiger partial charge on any atom is 0.321 e. The van der Waals surface area contributed by atoms with Gasteiger partial charge in [0.1, 0.15) is 0 Å². The molecule has 0 heterocycles. The van der Waals surface area contributed by atoms with Crippen molar-refractivity contribution in [1.29, 1.82) is 0 Å². The van der Waals surface area contributed by atoms with Gasteiger partial charge in [-0.2, -0.15) is 0 Å². The van der Waals surface area contributed by atoms with Crippen LogP contribution in [0.1, 0.15) is 17.3 Å². The van der Waals surface area contributed by atoms with Gasteiger partial charge < -0.3 is 11.1 Å². The molecule has 0 spiro atoms. The molecule has 0 saturated heterocycles. The number of para-hydroxylation sites is 1. The number of nitrogens with one attached hydrogen (secondary N) is 2. The van der Waals surface area contributed by atoms with Crippen molar-refractivity contribution in [2.45, 2.75) is 6.92 Å². The Bertz CT molecular complexity index is 377. The quantitative estimate of drug-likeness (QED) is 0.625. The second kappa shape index (κ2) is 4.99. The van der Waals surface area contributed by atoms with E-state index < -0.39 is 11.9 Å². The van der Waals surface area contributed by atoms with E-state index in [0.717, 1.165) is 0 Å². The predicted octanol–water partition coefficient (Wildman–Crippen LogP) is 0.728. The van der Waals surface area contributed by atoms with Crippen LogP contribution < -0.4 is 16.4 Å². The zero-order valence-corrected chi connectivity index (χ0v) is 8.41. The number of benzene rings is 1. The molecular formula is C10H13N3O2. The smallest absolute Gasteiger partial charge is 0.321 e. The molecular weight excluding hydrogens is 194 g/mol. The summed E-state index contributed by atoms with van der Waals surface area (Å²) in [6.45, 7) is 2.23. The summed E-state index contributed by atoms with van der Waals surface area (Å²) >= 11 is 0. The van der Waals surface area contributed by atoms with Crippen LogP contribution in [-0.4, -0.2) is 18.5 Å². The minimum absolute atomic E-state index is 0.295. The maximum absolute atomic E-state index is 11.5. The fourth-order valence-electron chi connectivity index (χ4n) is 1.08. The van der Waals surface area contributed by atoms with Gasteiger partial charge in [-0.15, -0.1) is 0 Å². The summed E-state index contributed by atoms with van der Waals surface area (Å²) in [4.78, 5) is 22.6. The summed E-state index contributed by atoms with van der Waals surface area (Å²) in [5, 5.41) is 4.62. The van der Waals surface area contributed by atoms with Crippen molar-refractivity contribution < 1.29 is 9.59 Å². The predicted molar refractivity (Wildman–Crippen MR) is 57.4 cm³/mol. The molecule has 0 fully saturated rings. The van der Waals surface area contributed by atoms with Gasteiger partial charge in [-0.05, 0) is 19.1 Å². The normalized spacial score (nSPS) is 9.40. The highest BCUT2D eigenvalue weighted by atomic mass is 16.2. The number of amides is 3. The number of nitrogen functional groups attached to an aromatic ring is 1. The van der Waals surface area contributed by atoms with E-state index in [4.69, 9.17) is 5.73 Å². The number of hydrogen-bond donors (Lipinski definition) is 3. The lowest BCUT2D eigenvalue weighted by atomic mass is 10.2. The number of imide groups is 1. The van der Waals surface area contributed by atoms with E-state index in [2.05, 4.69) is 10.6 Å². The Morgan fingerprint density at radius 3 is 2.60 bits per heavy atom. The molecule has 1 aromatic rings. The molecule has 0 aliphatic carbocycles. The van der Waals surface area contributed by atoms with Crippen molar-refractivity contribution in [2.24, 2.45) is 0 Å². The molecule has 1 aromatic carbocycles. The van der Waals surface area contributed by atoms with E-state index in [1.807, 2.05) is 0 Å². The van der Waals surface area contributed by atoms with Gasteiger partial charge in [0.15, 0.2) is 0 Å². The third kappa shape index (κ3) is 2.98. The first kappa shape index (κ1) is 11.0. The van der Waals surface area contributed by atoms with Crippen molar-refractivity contribution >= 4 is 17.6 Å². The molecule has 5 nitrogen and oxygen atoms in total. The summed E-state index contributed by atoms with van der Waals surface area (Å²) in [5.74, 6) is -0.501. The number of hydrogen-bond acceptors (Lipinski definition) is 3. The fourth-order valence-corrected chi connectivity index (χ4v) is 1.08. The lowest BCUT2D eigenvalue weighted by molar-refractivity contribution is 0.0965. The van der Waals surface area contributed by atoms with Crippen LogP contribution in [-0.2, 0) is 0 Å². The van der Waals surface area contributed by atoms with Gasteiger partial charge in [-0.3, -0.25) is 10.1 Å². The number of carbonyl (C=O) groups excluding carboxylic acids is 2. The highest BCUT2D eigenvalue weighted by molar-refractivity contribution is 6.07. The highest BCUT2D eigenvalue weighted by Gasteiger charge is 2.11. The van der Waals surface area contributed by atoms with Gasteiger partial charge in [0.2, 0.25) is 0 Å². The summed E-state index contributed by atoms with van der Waals surface area (Å²) < 4.78 is 0. The summed E-state index contributed by atoms with van der Waals surface area (Å²) in [6.07, 6.45) is 0. The Morgan fingerprint density at radius 2 is 2.00 bits per heavy atom. The molecule has 0 unspecified atom stereocenters. The number of anilines is 1. The number of rotatable bonds is 2. The molecule has 0 atom stereocenters. The van der Waals surface area contributed by atoms with Crippen LogP contribution in [0.3, 0.4) is 0 Å². The van der Waals surface area contributed by atoms with E-state index in [-0.39, 0.29) is 0 Å². The summed E-state index contributed by atoms with van der Waals surface area (Å²) in [6, 6.07) is 6.04. The standard InChI is InChI=1S/C10H13N3O2/c1-2-12-10(15)13-9(14)7-5-3-4-6-8(7)11/h3-6H,2,11H2,1H3,(H2,12,13,14,15). The van der Waals surface area contributed by atoms with E-state index in [1.165, 1.54) is 0 Å². The zero-order valence-electron chi connectivity index (χ0n) is 8.41. The van der Waals surface area contributed by atoms with Crippen molar-refractivity contribution in [3.05, 3.63) is 29.8 Å². The molecule has 4 N–H and O–H groups in total. The first-order chi connectivity index (χ1) is 7.15. The fraction of sp³-hybridized carbons (Fsp3) is 0.200. The van der Waals surface area contributed by atoms with Crippen LogP contribution >= 0.6 is 0 Å². The van der Waals surface area contributed by atoms with E-state index >= 15 is 0 Å². The average Bonchev–Trinajstić information content (AvgIpc) is 2.18. The lowest BCUT2D eigenvalue weighted by Crippen LogP contribution is -2.39. The molecule has 3 amide bonds. The van der Waals surface area contributed by atoms with Gasteiger partial charge in [0, 0.05) is 12.2 Å². The molecule has 0 aliphatic rings. The maximum atomic E-state index is 11.5. The van der Waals surface area contributed by atoms with Crippen LogP contribution in [0.15, 0.2) is 24.3 Å².